The number of aliphatic hydroxyl groups is 1. The molecule has 2 aromatic carbocycles. The van der Waals surface area contributed by atoms with E-state index in [2.05, 4.69) is 4.98 Å². The van der Waals surface area contributed by atoms with Crippen molar-refractivity contribution in [1.29, 1.82) is 0 Å². The maximum absolute atomic E-state index is 9.20. The fourth-order valence-electron chi connectivity index (χ4n) is 3.75. The van der Waals surface area contributed by atoms with Gasteiger partial charge in [-0.15, -0.1) is 0 Å². The molecule has 0 aliphatic heterocycles. The third-order valence-electron chi connectivity index (χ3n) is 5.19. The van der Waals surface area contributed by atoms with Gasteiger partial charge in [0, 0.05) is 25.1 Å². The Bertz CT molecular complexity index is 915. The number of fused-ring (bicyclic) bond motifs is 1. The molecule has 1 fully saturated rings. The highest BCUT2D eigenvalue weighted by atomic mass is 16.5. The SMILES string of the molecule is CC(=O)O.N[C@@H]1CC[C@@H](CCO)[C@H]1OCc1ccc(-c2nc3ccccc3o2)cc1. The lowest BCUT2D eigenvalue weighted by Crippen LogP contribution is -2.35. The number of aromatic nitrogens is 1. The van der Waals surface area contributed by atoms with Crippen LogP contribution in [0.2, 0.25) is 0 Å². The summed E-state index contributed by atoms with van der Waals surface area (Å²) in [5.41, 5.74) is 9.86. The van der Waals surface area contributed by atoms with Gasteiger partial charge in [0.2, 0.25) is 5.89 Å². The zero-order valence-electron chi connectivity index (χ0n) is 17.0. The molecule has 0 radical (unpaired) electrons. The second-order valence-electron chi connectivity index (χ2n) is 7.49. The Morgan fingerprint density at radius 3 is 2.57 bits per heavy atom. The van der Waals surface area contributed by atoms with E-state index in [9.17, 15) is 5.11 Å². The number of carboxylic acids is 1. The van der Waals surface area contributed by atoms with Crippen LogP contribution in [0.25, 0.3) is 22.6 Å². The lowest BCUT2D eigenvalue weighted by molar-refractivity contribution is -0.134. The van der Waals surface area contributed by atoms with Crippen LogP contribution in [-0.2, 0) is 16.1 Å². The molecule has 160 valence electrons. The van der Waals surface area contributed by atoms with Gasteiger partial charge in [0.15, 0.2) is 5.58 Å². The molecule has 0 spiro atoms. The van der Waals surface area contributed by atoms with E-state index in [0.29, 0.717) is 18.4 Å². The van der Waals surface area contributed by atoms with Crippen molar-refractivity contribution in [2.45, 2.75) is 44.9 Å². The summed E-state index contributed by atoms with van der Waals surface area (Å²) in [4.78, 5) is 13.5. The van der Waals surface area contributed by atoms with Crippen molar-refractivity contribution in [1.82, 2.24) is 4.98 Å². The second-order valence-corrected chi connectivity index (χ2v) is 7.49. The number of nitrogens with zero attached hydrogens (tertiary/aromatic N) is 1. The minimum atomic E-state index is -0.833. The number of para-hydroxylation sites is 2. The molecular weight excluding hydrogens is 384 g/mol. The van der Waals surface area contributed by atoms with E-state index in [0.717, 1.165) is 48.4 Å². The Labute approximate surface area is 175 Å². The summed E-state index contributed by atoms with van der Waals surface area (Å²) in [6, 6.07) is 15.9. The zero-order chi connectivity index (χ0) is 21.5. The minimum absolute atomic E-state index is 0.0267. The molecule has 4 N–H and O–H groups in total. The number of aliphatic carboxylic acids is 1. The standard InChI is InChI=1S/C21H24N2O3.C2H4O2/c22-17-10-9-15(11-12-24)20(17)25-13-14-5-7-16(8-6-14)21-23-18-3-1-2-4-19(18)26-21;1-2(3)4/h1-8,15,17,20,24H,9-13,22H2;1H3,(H,3,4)/t15-,17+,20+;/m0./s1. The highest BCUT2D eigenvalue weighted by molar-refractivity contribution is 5.75. The van der Waals surface area contributed by atoms with E-state index in [1.807, 2.05) is 48.5 Å². The van der Waals surface area contributed by atoms with Crippen LogP contribution in [0.5, 0.6) is 0 Å². The van der Waals surface area contributed by atoms with Gasteiger partial charge >= 0.3 is 0 Å². The van der Waals surface area contributed by atoms with Crippen LogP contribution in [-0.4, -0.2) is 39.9 Å². The molecule has 1 aliphatic rings. The smallest absolute Gasteiger partial charge is 0.300 e. The summed E-state index contributed by atoms with van der Waals surface area (Å²) in [6.45, 7) is 1.80. The second kappa shape index (κ2) is 10.3. The van der Waals surface area contributed by atoms with E-state index < -0.39 is 5.97 Å². The third kappa shape index (κ3) is 5.66. The first-order chi connectivity index (χ1) is 14.5. The fourth-order valence-corrected chi connectivity index (χ4v) is 3.75. The maximum atomic E-state index is 9.20. The Kier molecular flexibility index (Phi) is 7.57. The Hall–Kier alpha value is -2.74. The first-order valence-corrected chi connectivity index (χ1v) is 10.1. The summed E-state index contributed by atoms with van der Waals surface area (Å²) in [5, 5.41) is 16.6. The van der Waals surface area contributed by atoms with Crippen molar-refractivity contribution in [3.05, 3.63) is 54.1 Å². The first kappa shape index (κ1) is 22.0. The Balaban J connectivity index is 0.000000589. The number of carboxylic acid groups (broad SMARTS) is 1. The van der Waals surface area contributed by atoms with Gasteiger partial charge in [-0.2, -0.15) is 0 Å². The normalized spacial score (nSPS) is 20.7. The van der Waals surface area contributed by atoms with Crippen LogP contribution in [0.1, 0.15) is 31.7 Å². The lowest BCUT2D eigenvalue weighted by atomic mass is 10.0. The van der Waals surface area contributed by atoms with Crippen LogP contribution in [0.3, 0.4) is 0 Å². The minimum Gasteiger partial charge on any atom is -0.481 e. The first-order valence-electron chi connectivity index (χ1n) is 10.1. The van der Waals surface area contributed by atoms with Crippen LogP contribution in [0.4, 0.5) is 0 Å². The highest BCUT2D eigenvalue weighted by Crippen LogP contribution is 2.31. The van der Waals surface area contributed by atoms with Crippen molar-refractivity contribution in [3.8, 4) is 11.5 Å². The Morgan fingerprint density at radius 2 is 1.90 bits per heavy atom. The average molecular weight is 412 g/mol. The maximum Gasteiger partial charge on any atom is 0.300 e. The van der Waals surface area contributed by atoms with Crippen LogP contribution >= 0.6 is 0 Å². The van der Waals surface area contributed by atoms with Crippen LogP contribution in [0, 0.1) is 5.92 Å². The predicted molar refractivity (Wildman–Crippen MR) is 114 cm³/mol. The molecule has 1 aromatic heterocycles. The number of hydrogen-bond acceptors (Lipinski definition) is 6. The number of ether oxygens (including phenoxy) is 1. The van der Waals surface area contributed by atoms with Gasteiger partial charge in [-0.3, -0.25) is 4.79 Å². The van der Waals surface area contributed by atoms with Crippen molar-refractivity contribution in [3.63, 3.8) is 0 Å². The molecule has 0 unspecified atom stereocenters. The summed E-state index contributed by atoms with van der Waals surface area (Å²) in [6.07, 6.45) is 2.78. The molecular formula is C23H28N2O5. The third-order valence-corrected chi connectivity index (χ3v) is 5.19. The topological polar surface area (TPSA) is 119 Å². The number of carbonyl (C=O) groups is 1. The van der Waals surface area contributed by atoms with Gasteiger partial charge in [-0.25, -0.2) is 4.98 Å². The zero-order valence-corrected chi connectivity index (χ0v) is 17.0. The van der Waals surface area contributed by atoms with E-state index in [4.69, 9.17) is 24.8 Å². The molecule has 30 heavy (non-hydrogen) atoms. The largest absolute Gasteiger partial charge is 0.481 e. The van der Waals surface area contributed by atoms with Gasteiger partial charge in [0.25, 0.3) is 5.97 Å². The lowest BCUT2D eigenvalue weighted by Gasteiger charge is -2.23. The monoisotopic (exact) mass is 412 g/mol. The summed E-state index contributed by atoms with van der Waals surface area (Å²) in [5.74, 6) is 0.147. The molecule has 1 saturated carbocycles. The number of aliphatic hydroxyl groups excluding tert-OH is 1. The number of oxazole rings is 1. The highest BCUT2D eigenvalue weighted by Gasteiger charge is 2.34. The number of rotatable bonds is 6. The molecule has 0 amide bonds. The predicted octanol–water partition coefficient (Wildman–Crippen LogP) is 3.59. The van der Waals surface area contributed by atoms with Gasteiger partial charge in [-0.05, 0) is 55.0 Å². The Morgan fingerprint density at radius 1 is 1.20 bits per heavy atom. The van der Waals surface area contributed by atoms with Gasteiger partial charge in [0.1, 0.15) is 5.52 Å². The molecule has 7 nitrogen and oxygen atoms in total. The molecule has 1 heterocycles. The molecule has 0 saturated heterocycles. The molecule has 0 bridgehead atoms. The quantitative estimate of drug-likeness (QED) is 0.566. The molecule has 3 aromatic rings. The fraction of sp³-hybridized carbons (Fsp3) is 0.391. The van der Waals surface area contributed by atoms with Crippen molar-refractivity contribution in [2.24, 2.45) is 11.7 Å². The summed E-state index contributed by atoms with van der Waals surface area (Å²) in [7, 11) is 0. The number of nitrogens with two attached hydrogens (primary N) is 1. The molecule has 7 heteroatoms. The summed E-state index contributed by atoms with van der Waals surface area (Å²) < 4.78 is 11.9. The van der Waals surface area contributed by atoms with E-state index in [1.54, 1.807) is 0 Å². The molecule has 1 aliphatic carbocycles. The van der Waals surface area contributed by atoms with Crippen molar-refractivity contribution < 1.29 is 24.2 Å². The number of hydrogen-bond donors (Lipinski definition) is 3. The van der Waals surface area contributed by atoms with Gasteiger partial charge in [-0.1, -0.05) is 24.3 Å². The summed E-state index contributed by atoms with van der Waals surface area (Å²) >= 11 is 0. The molecule has 3 atom stereocenters. The average Bonchev–Trinajstić information content (AvgIpc) is 3.30. The van der Waals surface area contributed by atoms with Crippen molar-refractivity contribution in [2.75, 3.05) is 6.61 Å². The number of benzene rings is 2. The van der Waals surface area contributed by atoms with Crippen molar-refractivity contribution >= 4 is 17.1 Å². The van der Waals surface area contributed by atoms with E-state index in [-0.39, 0.29) is 18.8 Å². The van der Waals surface area contributed by atoms with Gasteiger partial charge < -0.3 is 25.1 Å². The van der Waals surface area contributed by atoms with Gasteiger partial charge in [0.05, 0.1) is 12.7 Å². The molecule has 4 rings (SSSR count). The van der Waals surface area contributed by atoms with E-state index >= 15 is 0 Å². The van der Waals surface area contributed by atoms with Crippen LogP contribution in [0.15, 0.2) is 52.9 Å². The van der Waals surface area contributed by atoms with E-state index in [1.165, 1.54) is 0 Å². The van der Waals surface area contributed by atoms with Crippen LogP contribution < -0.4 is 5.73 Å².